The Kier molecular flexibility index (Phi) is 8.22. The minimum Gasteiger partial charge on any atom is -0.490 e. The van der Waals surface area contributed by atoms with Crippen molar-refractivity contribution in [2.45, 2.75) is 32.9 Å². The number of carbonyl (C=O) groups excluding carboxylic acids is 1. The average molecular weight is 582 g/mol. The molecule has 0 unspecified atom stereocenters. The van der Waals surface area contributed by atoms with E-state index in [1.807, 2.05) is 43.3 Å². The maximum Gasteiger partial charge on any atom is 0.292 e. The zero-order chi connectivity index (χ0) is 29.6. The van der Waals surface area contributed by atoms with E-state index < -0.39 is 5.91 Å². The highest BCUT2D eigenvalue weighted by atomic mass is 16.6. The molecule has 0 atom stereocenters. The van der Waals surface area contributed by atoms with Gasteiger partial charge in [-0.15, -0.1) is 5.10 Å². The van der Waals surface area contributed by atoms with E-state index in [1.165, 1.54) is 10.9 Å². The first-order valence-electron chi connectivity index (χ1n) is 14.1. The fraction of sp³-hybridized carbons (Fsp3) is 0.267. The molecule has 0 spiro atoms. The Morgan fingerprint density at radius 3 is 2.72 bits per heavy atom. The van der Waals surface area contributed by atoms with Crippen molar-refractivity contribution in [2.24, 2.45) is 5.10 Å². The third-order valence-electron chi connectivity index (χ3n) is 7.13. The van der Waals surface area contributed by atoms with E-state index in [0.29, 0.717) is 42.5 Å². The van der Waals surface area contributed by atoms with Gasteiger partial charge in [0.05, 0.1) is 12.8 Å². The standard InChI is InChI=1S/C30H31N9O4/c1-2-41-26-16-20(12-13-25(26)42-19-22-10-7-9-21-8-3-4-11-23(21)22)17-32-34-30(40)27-24(18-38-14-5-6-15-38)33-37-39(27)29-28(31)35-43-36-29/h3-4,7-13,16-17H,2,5-6,14-15,18-19H2,1H3,(H2,31,35)(H,34,40)/b32-17-. The Morgan fingerprint density at radius 2 is 1.91 bits per heavy atom. The van der Waals surface area contributed by atoms with Gasteiger partial charge in [0, 0.05) is 6.54 Å². The molecule has 1 saturated heterocycles. The smallest absolute Gasteiger partial charge is 0.292 e. The highest BCUT2D eigenvalue weighted by Gasteiger charge is 2.27. The molecule has 1 aliphatic heterocycles. The van der Waals surface area contributed by atoms with E-state index in [1.54, 1.807) is 0 Å². The summed E-state index contributed by atoms with van der Waals surface area (Å²) in [4.78, 5) is 15.6. The summed E-state index contributed by atoms with van der Waals surface area (Å²) in [5.41, 5.74) is 10.8. The summed E-state index contributed by atoms with van der Waals surface area (Å²) in [6.45, 7) is 5.04. The van der Waals surface area contributed by atoms with Crippen molar-refractivity contribution in [1.29, 1.82) is 0 Å². The van der Waals surface area contributed by atoms with Crippen LogP contribution in [0.2, 0.25) is 0 Å². The normalized spacial score (nSPS) is 13.6. The zero-order valence-electron chi connectivity index (χ0n) is 23.6. The van der Waals surface area contributed by atoms with Crippen molar-refractivity contribution in [3.8, 4) is 17.3 Å². The number of amides is 1. The van der Waals surface area contributed by atoms with Crippen molar-refractivity contribution in [3.05, 3.63) is 83.2 Å². The average Bonchev–Trinajstić information content (AvgIpc) is 3.79. The van der Waals surface area contributed by atoms with Crippen molar-refractivity contribution in [1.82, 2.24) is 35.6 Å². The van der Waals surface area contributed by atoms with E-state index in [2.05, 4.69) is 60.3 Å². The number of hydrazone groups is 1. The third kappa shape index (κ3) is 6.16. The molecule has 13 nitrogen and oxygen atoms in total. The predicted octanol–water partition coefficient (Wildman–Crippen LogP) is 3.72. The second-order valence-electron chi connectivity index (χ2n) is 10.0. The van der Waals surface area contributed by atoms with E-state index in [9.17, 15) is 4.79 Å². The number of ether oxygens (including phenoxy) is 2. The molecule has 3 N–H and O–H groups in total. The molecule has 0 radical (unpaired) electrons. The molecule has 220 valence electrons. The number of aromatic nitrogens is 5. The molecule has 2 aromatic heterocycles. The number of nitrogen functional groups attached to an aromatic ring is 1. The Labute approximate surface area is 247 Å². The number of likely N-dealkylation sites (tertiary alicyclic amines) is 1. The lowest BCUT2D eigenvalue weighted by molar-refractivity contribution is 0.0945. The number of hydrogen-bond acceptors (Lipinski definition) is 11. The molecule has 1 amide bonds. The SMILES string of the molecule is CCOc1cc(/C=N\NC(=O)c2c(CN3CCCC3)nnn2-c2nonc2N)ccc1OCc1cccc2ccccc12. The van der Waals surface area contributed by atoms with Crippen LogP contribution in [0, 0.1) is 0 Å². The van der Waals surface area contributed by atoms with Gasteiger partial charge in [-0.05, 0) is 83.3 Å². The van der Waals surface area contributed by atoms with Gasteiger partial charge in [-0.25, -0.2) is 10.1 Å². The number of anilines is 1. The first kappa shape index (κ1) is 27.8. The summed E-state index contributed by atoms with van der Waals surface area (Å²) < 4.78 is 18.0. The van der Waals surface area contributed by atoms with Crippen molar-refractivity contribution < 1.29 is 18.9 Å². The number of hydrogen-bond donors (Lipinski definition) is 2. The molecule has 3 aromatic carbocycles. The van der Waals surface area contributed by atoms with Crippen LogP contribution in [0.1, 0.15) is 47.1 Å². The molecule has 1 aliphatic rings. The molecular formula is C30H31N9O4. The van der Waals surface area contributed by atoms with Gasteiger partial charge in [0.15, 0.2) is 17.2 Å². The van der Waals surface area contributed by atoms with Crippen LogP contribution >= 0.6 is 0 Å². The Hall–Kier alpha value is -5.30. The highest BCUT2D eigenvalue weighted by Crippen LogP contribution is 2.30. The Bertz CT molecular complexity index is 1750. The van der Waals surface area contributed by atoms with Crippen LogP contribution in [0.5, 0.6) is 11.5 Å². The molecule has 6 rings (SSSR count). The monoisotopic (exact) mass is 581 g/mol. The lowest BCUT2D eigenvalue weighted by Crippen LogP contribution is -2.26. The predicted molar refractivity (Wildman–Crippen MR) is 159 cm³/mol. The number of carbonyl (C=O) groups is 1. The van der Waals surface area contributed by atoms with E-state index >= 15 is 0 Å². The van der Waals surface area contributed by atoms with Gasteiger partial charge in [-0.1, -0.05) is 47.7 Å². The van der Waals surface area contributed by atoms with Gasteiger partial charge < -0.3 is 15.2 Å². The quantitative estimate of drug-likeness (QED) is 0.174. The van der Waals surface area contributed by atoms with Gasteiger partial charge in [-0.3, -0.25) is 9.69 Å². The Balaban J connectivity index is 1.18. The van der Waals surface area contributed by atoms with Crippen LogP contribution in [0.25, 0.3) is 16.6 Å². The molecule has 3 heterocycles. The summed E-state index contributed by atoms with van der Waals surface area (Å²) in [7, 11) is 0. The highest BCUT2D eigenvalue weighted by molar-refractivity contribution is 5.95. The van der Waals surface area contributed by atoms with Gasteiger partial charge in [0.25, 0.3) is 5.91 Å². The van der Waals surface area contributed by atoms with Crippen LogP contribution < -0.4 is 20.6 Å². The molecular weight excluding hydrogens is 550 g/mol. The number of rotatable bonds is 11. The molecule has 0 saturated carbocycles. The molecule has 0 bridgehead atoms. The lowest BCUT2D eigenvalue weighted by atomic mass is 10.1. The zero-order valence-corrected chi connectivity index (χ0v) is 23.6. The van der Waals surface area contributed by atoms with Crippen molar-refractivity contribution in [2.75, 3.05) is 25.4 Å². The number of nitrogens with zero attached hydrogens (tertiary/aromatic N) is 7. The Morgan fingerprint density at radius 1 is 1.07 bits per heavy atom. The van der Waals surface area contributed by atoms with Gasteiger partial charge in [0.2, 0.25) is 11.6 Å². The fourth-order valence-electron chi connectivity index (χ4n) is 5.07. The minimum atomic E-state index is -0.530. The van der Waals surface area contributed by atoms with Gasteiger partial charge in [-0.2, -0.15) is 9.78 Å². The van der Waals surface area contributed by atoms with Crippen molar-refractivity contribution in [3.63, 3.8) is 0 Å². The van der Waals surface area contributed by atoms with Crippen LogP contribution in [0.4, 0.5) is 5.82 Å². The molecule has 43 heavy (non-hydrogen) atoms. The van der Waals surface area contributed by atoms with Crippen LogP contribution in [0.3, 0.4) is 0 Å². The first-order valence-corrected chi connectivity index (χ1v) is 14.1. The number of benzene rings is 3. The third-order valence-corrected chi connectivity index (χ3v) is 7.13. The van der Waals surface area contributed by atoms with Crippen LogP contribution in [0.15, 0.2) is 70.4 Å². The van der Waals surface area contributed by atoms with Crippen LogP contribution in [-0.2, 0) is 13.2 Å². The number of nitrogens with two attached hydrogens (primary N) is 1. The number of nitrogens with one attached hydrogen (secondary N) is 1. The molecule has 0 aliphatic carbocycles. The van der Waals surface area contributed by atoms with E-state index in [4.69, 9.17) is 19.8 Å². The fourth-order valence-corrected chi connectivity index (χ4v) is 5.07. The van der Waals surface area contributed by atoms with Gasteiger partial charge in [0.1, 0.15) is 12.3 Å². The lowest BCUT2D eigenvalue weighted by Gasteiger charge is -2.14. The second kappa shape index (κ2) is 12.7. The maximum atomic E-state index is 13.3. The largest absolute Gasteiger partial charge is 0.490 e. The first-order chi connectivity index (χ1) is 21.1. The van der Waals surface area contributed by atoms with E-state index in [0.717, 1.165) is 42.3 Å². The minimum absolute atomic E-state index is 0.0126. The summed E-state index contributed by atoms with van der Waals surface area (Å²) in [6.07, 6.45) is 3.71. The molecule has 1 fully saturated rings. The summed E-state index contributed by atoms with van der Waals surface area (Å²) in [5, 5.41) is 22.2. The summed E-state index contributed by atoms with van der Waals surface area (Å²) in [5.74, 6) is 0.715. The summed E-state index contributed by atoms with van der Waals surface area (Å²) in [6, 6.07) is 19.8. The topological polar surface area (TPSA) is 159 Å². The molecule has 13 heteroatoms. The van der Waals surface area contributed by atoms with Crippen LogP contribution in [-0.4, -0.2) is 62.0 Å². The summed E-state index contributed by atoms with van der Waals surface area (Å²) >= 11 is 0. The van der Waals surface area contributed by atoms with E-state index in [-0.39, 0.29) is 17.3 Å². The molecule has 5 aromatic rings. The maximum absolute atomic E-state index is 13.3. The van der Waals surface area contributed by atoms with Gasteiger partial charge >= 0.3 is 0 Å². The van der Waals surface area contributed by atoms with Crippen molar-refractivity contribution >= 4 is 28.7 Å². The number of fused-ring (bicyclic) bond motifs is 1. The second-order valence-corrected chi connectivity index (χ2v) is 10.0.